The van der Waals surface area contributed by atoms with Crippen LogP contribution >= 0.6 is 0 Å². The molecular weight excluding hydrogens is 382 g/mol. The van der Waals surface area contributed by atoms with Crippen LogP contribution in [0.2, 0.25) is 0 Å². The van der Waals surface area contributed by atoms with E-state index < -0.39 is 0 Å². The zero-order chi connectivity index (χ0) is 20.8. The first-order valence-electron chi connectivity index (χ1n) is 11.4. The van der Waals surface area contributed by atoms with E-state index in [1.165, 1.54) is 36.1 Å². The fraction of sp³-hybridized carbons (Fsp3) is 0.333. The first-order chi connectivity index (χ1) is 15.3. The summed E-state index contributed by atoms with van der Waals surface area (Å²) < 4.78 is 0. The normalized spacial score (nSPS) is 27.8. The maximum Gasteiger partial charge on any atom is 0.251 e. The molecule has 4 heteroatoms. The fourth-order valence-corrected chi connectivity index (χ4v) is 6.39. The lowest BCUT2D eigenvalue weighted by Gasteiger charge is -2.43. The lowest BCUT2D eigenvalue weighted by atomic mass is 9.68. The van der Waals surface area contributed by atoms with Gasteiger partial charge in [-0.3, -0.25) is 9.78 Å². The zero-order valence-electron chi connectivity index (χ0n) is 17.5. The van der Waals surface area contributed by atoms with Crippen LogP contribution in [-0.2, 0) is 6.54 Å². The van der Waals surface area contributed by atoms with Gasteiger partial charge in [0.1, 0.15) is 0 Å². The molecule has 0 unspecified atom stereocenters. The third-order valence-corrected chi connectivity index (χ3v) is 7.66. The van der Waals surface area contributed by atoms with Crippen LogP contribution in [0.3, 0.4) is 0 Å². The topological polar surface area (TPSA) is 54.0 Å². The molecule has 0 saturated heterocycles. The molecule has 3 aliphatic rings. The van der Waals surface area contributed by atoms with E-state index in [1.54, 1.807) is 6.20 Å². The molecule has 0 spiro atoms. The lowest BCUT2D eigenvalue weighted by Crippen LogP contribution is -2.35. The Hall–Kier alpha value is -3.14. The molecule has 1 aromatic heterocycles. The van der Waals surface area contributed by atoms with E-state index in [4.69, 9.17) is 0 Å². The minimum absolute atomic E-state index is 0.0293. The van der Waals surface area contributed by atoms with Crippen LogP contribution in [-0.4, -0.2) is 10.9 Å². The molecule has 156 valence electrons. The quantitative estimate of drug-likeness (QED) is 0.614. The number of anilines is 1. The highest BCUT2D eigenvalue weighted by Gasteiger charge is 2.53. The van der Waals surface area contributed by atoms with Gasteiger partial charge >= 0.3 is 0 Å². The molecular formula is C27H27N3O. The summed E-state index contributed by atoms with van der Waals surface area (Å²) in [5.41, 5.74) is 5.54. The molecule has 2 heterocycles. The molecule has 5 atom stereocenters. The Labute approximate surface area is 183 Å². The standard InChI is InChI=1S/C27H27N3O/c31-27(29-16-21-8-4-5-13-28-21)20-11-12-23-22(15-20)24-18-9-10-19(14-18)25(24)26(30-23)17-6-2-1-3-7-17/h1-8,11-13,15,18-19,24-26,30H,9-10,14,16H2,(H,29,31)/t18-,19-,24-,25+,26+/m1/s1. The summed E-state index contributed by atoms with van der Waals surface area (Å²) in [6.07, 6.45) is 5.75. The Morgan fingerprint density at radius 1 is 1.00 bits per heavy atom. The van der Waals surface area contributed by atoms with E-state index in [1.807, 2.05) is 24.3 Å². The van der Waals surface area contributed by atoms with Gasteiger partial charge in [-0.1, -0.05) is 36.4 Å². The summed E-state index contributed by atoms with van der Waals surface area (Å²) in [6.45, 7) is 0.446. The van der Waals surface area contributed by atoms with Crippen LogP contribution in [0.1, 0.15) is 58.4 Å². The molecule has 4 nitrogen and oxygen atoms in total. The Bertz CT molecular complexity index is 1100. The molecule has 2 aromatic carbocycles. The van der Waals surface area contributed by atoms with Crippen LogP contribution < -0.4 is 10.6 Å². The Morgan fingerprint density at radius 3 is 2.68 bits per heavy atom. The van der Waals surface area contributed by atoms with E-state index in [-0.39, 0.29) is 5.91 Å². The maximum atomic E-state index is 12.9. The second-order valence-corrected chi connectivity index (χ2v) is 9.27. The molecule has 2 aliphatic carbocycles. The lowest BCUT2D eigenvalue weighted by molar-refractivity contribution is 0.0950. The number of nitrogens with one attached hydrogen (secondary N) is 2. The zero-order valence-corrected chi connectivity index (χ0v) is 17.5. The van der Waals surface area contributed by atoms with Gasteiger partial charge in [0.15, 0.2) is 0 Å². The van der Waals surface area contributed by atoms with Gasteiger partial charge < -0.3 is 10.6 Å². The van der Waals surface area contributed by atoms with Crippen LogP contribution in [0, 0.1) is 17.8 Å². The minimum atomic E-state index is -0.0293. The van der Waals surface area contributed by atoms with Crippen molar-refractivity contribution in [2.45, 2.75) is 37.8 Å². The summed E-state index contributed by atoms with van der Waals surface area (Å²) in [5, 5.41) is 6.88. The summed E-state index contributed by atoms with van der Waals surface area (Å²) in [5.74, 6) is 2.65. The summed E-state index contributed by atoms with van der Waals surface area (Å²) >= 11 is 0. The number of amides is 1. The first kappa shape index (κ1) is 18.6. The number of pyridine rings is 1. The number of aromatic nitrogens is 1. The van der Waals surface area contributed by atoms with E-state index in [9.17, 15) is 4.79 Å². The van der Waals surface area contributed by atoms with Crippen molar-refractivity contribution in [3.8, 4) is 0 Å². The molecule has 2 N–H and O–H groups in total. The number of carbonyl (C=O) groups is 1. The van der Waals surface area contributed by atoms with Crippen LogP contribution in [0.5, 0.6) is 0 Å². The van der Waals surface area contributed by atoms with Gasteiger partial charge in [0.25, 0.3) is 5.91 Å². The highest BCUT2D eigenvalue weighted by molar-refractivity contribution is 5.95. The monoisotopic (exact) mass is 409 g/mol. The van der Waals surface area contributed by atoms with Crippen molar-refractivity contribution >= 4 is 11.6 Å². The van der Waals surface area contributed by atoms with Gasteiger partial charge in [0, 0.05) is 17.4 Å². The number of nitrogens with zero attached hydrogens (tertiary/aromatic N) is 1. The van der Waals surface area contributed by atoms with E-state index in [0.717, 1.165) is 23.1 Å². The number of benzene rings is 2. The number of hydrogen-bond donors (Lipinski definition) is 2. The Balaban J connectivity index is 1.30. The number of hydrogen-bond acceptors (Lipinski definition) is 3. The fourth-order valence-electron chi connectivity index (χ4n) is 6.39. The predicted octanol–water partition coefficient (Wildman–Crippen LogP) is 5.31. The second-order valence-electron chi connectivity index (χ2n) is 9.27. The van der Waals surface area contributed by atoms with Gasteiger partial charge in [-0.2, -0.15) is 0 Å². The third kappa shape index (κ3) is 3.21. The minimum Gasteiger partial charge on any atom is -0.378 e. The van der Waals surface area contributed by atoms with Gasteiger partial charge in [-0.25, -0.2) is 0 Å². The number of rotatable bonds is 4. The highest BCUT2D eigenvalue weighted by Crippen LogP contribution is 2.63. The summed E-state index contributed by atoms with van der Waals surface area (Å²) in [7, 11) is 0. The van der Waals surface area contributed by atoms with Crippen molar-refractivity contribution in [3.05, 3.63) is 95.3 Å². The third-order valence-electron chi connectivity index (χ3n) is 7.66. The molecule has 1 amide bonds. The van der Waals surface area contributed by atoms with Gasteiger partial charge in [-0.15, -0.1) is 0 Å². The van der Waals surface area contributed by atoms with Gasteiger partial charge in [-0.05, 0) is 84.4 Å². The van der Waals surface area contributed by atoms with Crippen LogP contribution in [0.4, 0.5) is 5.69 Å². The number of fused-ring (bicyclic) bond motifs is 7. The van der Waals surface area contributed by atoms with Crippen molar-refractivity contribution in [3.63, 3.8) is 0 Å². The van der Waals surface area contributed by atoms with Crippen LogP contribution in [0.25, 0.3) is 0 Å². The van der Waals surface area contributed by atoms with Crippen LogP contribution in [0.15, 0.2) is 72.9 Å². The highest BCUT2D eigenvalue weighted by atomic mass is 16.1. The molecule has 2 bridgehead atoms. The smallest absolute Gasteiger partial charge is 0.251 e. The van der Waals surface area contributed by atoms with Crippen molar-refractivity contribution in [2.75, 3.05) is 5.32 Å². The maximum absolute atomic E-state index is 12.9. The van der Waals surface area contributed by atoms with Crippen molar-refractivity contribution in [1.82, 2.24) is 10.3 Å². The Morgan fingerprint density at radius 2 is 1.84 bits per heavy atom. The van der Waals surface area contributed by atoms with Crippen molar-refractivity contribution < 1.29 is 4.79 Å². The molecule has 31 heavy (non-hydrogen) atoms. The van der Waals surface area contributed by atoms with Crippen molar-refractivity contribution in [2.24, 2.45) is 17.8 Å². The predicted molar refractivity (Wildman–Crippen MR) is 122 cm³/mol. The van der Waals surface area contributed by atoms with Crippen molar-refractivity contribution in [1.29, 1.82) is 0 Å². The average Bonchev–Trinajstić information content (AvgIpc) is 3.46. The Kier molecular flexibility index (Phi) is 4.52. The average molecular weight is 410 g/mol. The van der Waals surface area contributed by atoms with Gasteiger partial charge in [0.2, 0.25) is 0 Å². The van der Waals surface area contributed by atoms with Gasteiger partial charge in [0.05, 0.1) is 18.3 Å². The number of carbonyl (C=O) groups excluding carboxylic acids is 1. The van der Waals surface area contributed by atoms with E-state index in [2.05, 4.69) is 58.1 Å². The SMILES string of the molecule is O=C(NCc1ccccn1)c1ccc2c(c1)[C@H]1[C@@H]3CC[C@H](C3)[C@@H]1[C@H](c1ccccc1)N2. The largest absolute Gasteiger partial charge is 0.378 e. The molecule has 2 saturated carbocycles. The summed E-state index contributed by atoms with van der Waals surface area (Å²) in [6, 6.07) is 23.2. The second kappa shape index (κ2) is 7.52. The van der Waals surface area contributed by atoms with E-state index >= 15 is 0 Å². The first-order valence-corrected chi connectivity index (χ1v) is 11.4. The molecule has 3 aromatic rings. The molecule has 0 radical (unpaired) electrons. The van der Waals surface area contributed by atoms with E-state index in [0.29, 0.717) is 24.4 Å². The molecule has 1 aliphatic heterocycles. The summed E-state index contributed by atoms with van der Waals surface area (Å²) in [4.78, 5) is 17.2. The molecule has 2 fully saturated rings. The molecule has 6 rings (SSSR count).